The van der Waals surface area contributed by atoms with Crippen LogP contribution in [-0.2, 0) is 11.3 Å². The number of aliphatic carboxylic acids is 1. The maximum atomic E-state index is 10.5. The Hall–Kier alpha value is -2.03. The van der Waals surface area contributed by atoms with E-state index in [-0.39, 0.29) is 5.75 Å². The largest absolute Gasteiger partial charge is 0.481 e. The summed E-state index contributed by atoms with van der Waals surface area (Å²) in [5.41, 5.74) is 1.54. The number of nitrogens with zero attached hydrogens (tertiary/aromatic N) is 6. The van der Waals surface area contributed by atoms with Gasteiger partial charge in [-0.3, -0.25) is 14.8 Å². The lowest BCUT2D eigenvalue weighted by molar-refractivity contribution is -0.133. The predicted molar refractivity (Wildman–Crippen MR) is 62.0 cm³/mol. The van der Waals surface area contributed by atoms with Crippen molar-refractivity contribution in [3.05, 3.63) is 23.8 Å². The van der Waals surface area contributed by atoms with Crippen LogP contribution in [0.3, 0.4) is 0 Å². The van der Waals surface area contributed by atoms with Crippen LogP contribution in [0.1, 0.15) is 11.4 Å². The monoisotopic (exact) mass is 266 g/mol. The molecule has 1 N–H and O–H groups in total. The minimum Gasteiger partial charge on any atom is -0.481 e. The van der Waals surface area contributed by atoms with Crippen LogP contribution in [0, 0.1) is 6.92 Å². The minimum atomic E-state index is -0.912. The topological polar surface area (TPSA) is 107 Å². The van der Waals surface area contributed by atoms with Crippen molar-refractivity contribution < 1.29 is 9.90 Å². The number of aromatic nitrogens is 6. The van der Waals surface area contributed by atoms with Crippen molar-refractivity contribution in [2.24, 2.45) is 0 Å². The van der Waals surface area contributed by atoms with Gasteiger partial charge >= 0.3 is 5.97 Å². The molecule has 94 valence electrons. The van der Waals surface area contributed by atoms with Gasteiger partial charge < -0.3 is 5.11 Å². The van der Waals surface area contributed by atoms with E-state index in [4.69, 9.17) is 5.11 Å². The van der Waals surface area contributed by atoms with Crippen LogP contribution in [0.4, 0.5) is 0 Å². The molecule has 2 heterocycles. The van der Waals surface area contributed by atoms with Gasteiger partial charge in [0.2, 0.25) is 5.16 Å². The predicted octanol–water partition coefficient (Wildman–Crippen LogP) is -0.00348. The summed E-state index contributed by atoms with van der Waals surface area (Å²) in [6.07, 6.45) is 3.30. The highest BCUT2D eigenvalue weighted by atomic mass is 32.2. The maximum absolute atomic E-state index is 10.5. The van der Waals surface area contributed by atoms with E-state index in [2.05, 4.69) is 25.5 Å². The van der Waals surface area contributed by atoms with Crippen LogP contribution in [0.15, 0.2) is 17.6 Å². The maximum Gasteiger partial charge on any atom is 0.313 e. The van der Waals surface area contributed by atoms with Gasteiger partial charge in [0.15, 0.2) is 0 Å². The van der Waals surface area contributed by atoms with Gasteiger partial charge in [-0.15, -0.1) is 5.10 Å². The van der Waals surface area contributed by atoms with Gasteiger partial charge in [0, 0.05) is 6.20 Å². The zero-order valence-electron chi connectivity index (χ0n) is 9.52. The van der Waals surface area contributed by atoms with Crippen molar-refractivity contribution in [2.45, 2.75) is 18.6 Å². The van der Waals surface area contributed by atoms with E-state index in [1.54, 1.807) is 12.4 Å². The molecule has 2 aromatic heterocycles. The summed E-state index contributed by atoms with van der Waals surface area (Å²) in [7, 11) is 0. The number of rotatable bonds is 5. The van der Waals surface area contributed by atoms with Gasteiger partial charge in [-0.25, -0.2) is 4.68 Å². The first-order valence-corrected chi connectivity index (χ1v) is 6.02. The zero-order chi connectivity index (χ0) is 13.0. The molecule has 0 unspecified atom stereocenters. The molecular formula is C9H10N6O2S. The molecule has 9 heteroatoms. The molecule has 0 saturated carbocycles. The number of thioether (sulfide) groups is 1. The molecule has 0 aliphatic rings. The molecule has 8 nitrogen and oxygen atoms in total. The zero-order valence-corrected chi connectivity index (χ0v) is 10.3. The normalized spacial score (nSPS) is 10.5. The fraction of sp³-hybridized carbons (Fsp3) is 0.333. The molecule has 0 radical (unpaired) electrons. The molecule has 0 amide bonds. The first-order chi connectivity index (χ1) is 8.65. The van der Waals surface area contributed by atoms with Crippen molar-refractivity contribution in [3.8, 4) is 0 Å². The SMILES string of the molecule is Cc1cnc(Cn2nnnc2SCC(=O)O)cn1. The van der Waals surface area contributed by atoms with Crippen molar-refractivity contribution in [1.82, 2.24) is 30.2 Å². The van der Waals surface area contributed by atoms with Crippen LogP contribution in [0.5, 0.6) is 0 Å². The van der Waals surface area contributed by atoms with E-state index in [1.165, 1.54) is 4.68 Å². The Bertz CT molecular complexity index is 540. The molecule has 0 bridgehead atoms. The second-order valence-electron chi connectivity index (χ2n) is 3.45. The molecule has 0 saturated heterocycles. The third kappa shape index (κ3) is 3.23. The van der Waals surface area contributed by atoms with Crippen molar-refractivity contribution in [2.75, 3.05) is 5.75 Å². The molecule has 2 aromatic rings. The van der Waals surface area contributed by atoms with Crippen LogP contribution in [-0.4, -0.2) is 47.0 Å². The highest BCUT2D eigenvalue weighted by Crippen LogP contribution is 2.13. The molecule has 2 rings (SSSR count). The Morgan fingerprint density at radius 1 is 1.44 bits per heavy atom. The Balaban J connectivity index is 2.07. The Kier molecular flexibility index (Phi) is 3.82. The summed E-state index contributed by atoms with van der Waals surface area (Å²) in [6, 6.07) is 0. The first-order valence-electron chi connectivity index (χ1n) is 5.03. The molecule has 18 heavy (non-hydrogen) atoms. The quantitative estimate of drug-likeness (QED) is 0.753. The average Bonchev–Trinajstić information content (AvgIpc) is 2.77. The summed E-state index contributed by atoms with van der Waals surface area (Å²) in [4.78, 5) is 18.8. The third-order valence-electron chi connectivity index (χ3n) is 1.97. The first kappa shape index (κ1) is 12.4. The third-order valence-corrected chi connectivity index (χ3v) is 2.91. The number of hydrogen-bond acceptors (Lipinski definition) is 7. The molecular weight excluding hydrogens is 256 g/mol. The minimum absolute atomic E-state index is 0.0834. The standard InChI is InChI=1S/C9H10N6O2S/c1-6-2-11-7(3-10-6)4-15-9(12-13-14-15)18-5-8(16)17/h2-3H,4-5H2,1H3,(H,16,17). The number of aryl methyl sites for hydroxylation is 1. The van der Waals surface area contributed by atoms with Gasteiger partial charge in [0.25, 0.3) is 0 Å². The number of carbonyl (C=O) groups is 1. The highest BCUT2D eigenvalue weighted by Gasteiger charge is 2.10. The molecule has 0 fully saturated rings. The molecule has 0 aromatic carbocycles. The summed E-state index contributed by atoms with van der Waals surface area (Å²) in [5.74, 6) is -0.996. The highest BCUT2D eigenvalue weighted by molar-refractivity contribution is 7.99. The van der Waals surface area contributed by atoms with Crippen LogP contribution in [0.2, 0.25) is 0 Å². The smallest absolute Gasteiger partial charge is 0.313 e. The van der Waals surface area contributed by atoms with Crippen molar-refractivity contribution >= 4 is 17.7 Å². The fourth-order valence-corrected chi connectivity index (χ4v) is 1.78. The van der Waals surface area contributed by atoms with E-state index in [9.17, 15) is 4.79 Å². The Morgan fingerprint density at radius 3 is 2.94 bits per heavy atom. The Morgan fingerprint density at radius 2 is 2.28 bits per heavy atom. The summed E-state index contributed by atoms with van der Waals surface area (Å²) in [5, 5.41) is 20.1. The molecule has 0 spiro atoms. The van der Waals surface area contributed by atoms with Gasteiger partial charge in [-0.2, -0.15) is 0 Å². The van der Waals surface area contributed by atoms with Crippen LogP contribution in [0.25, 0.3) is 0 Å². The second-order valence-corrected chi connectivity index (χ2v) is 4.39. The van der Waals surface area contributed by atoms with E-state index < -0.39 is 5.97 Å². The van der Waals surface area contributed by atoms with E-state index in [0.29, 0.717) is 17.4 Å². The lowest BCUT2D eigenvalue weighted by atomic mass is 10.4. The number of hydrogen-bond donors (Lipinski definition) is 1. The Labute approximate surface area is 106 Å². The van der Waals surface area contributed by atoms with Crippen LogP contribution < -0.4 is 0 Å². The van der Waals surface area contributed by atoms with E-state index in [1.807, 2.05) is 6.92 Å². The lowest BCUT2D eigenvalue weighted by Crippen LogP contribution is -2.07. The summed E-state index contributed by atoms with van der Waals surface area (Å²) < 4.78 is 1.49. The van der Waals surface area contributed by atoms with Crippen molar-refractivity contribution in [3.63, 3.8) is 0 Å². The fourth-order valence-electron chi connectivity index (χ4n) is 1.18. The van der Waals surface area contributed by atoms with E-state index >= 15 is 0 Å². The average molecular weight is 266 g/mol. The van der Waals surface area contributed by atoms with E-state index in [0.717, 1.165) is 17.5 Å². The van der Waals surface area contributed by atoms with Crippen LogP contribution >= 0.6 is 11.8 Å². The number of carboxylic acids is 1. The van der Waals surface area contributed by atoms with Crippen molar-refractivity contribution in [1.29, 1.82) is 0 Å². The summed E-state index contributed by atoms with van der Waals surface area (Å²) in [6.45, 7) is 2.21. The number of carboxylic acid groups (broad SMARTS) is 1. The second kappa shape index (κ2) is 5.54. The van der Waals surface area contributed by atoms with Gasteiger partial charge in [-0.05, 0) is 17.4 Å². The summed E-state index contributed by atoms with van der Waals surface area (Å²) >= 11 is 1.06. The lowest BCUT2D eigenvalue weighted by Gasteiger charge is -2.02. The van der Waals surface area contributed by atoms with Gasteiger partial charge in [-0.1, -0.05) is 11.8 Å². The molecule has 0 atom stereocenters. The molecule has 0 aliphatic heterocycles. The number of tetrazole rings is 1. The van der Waals surface area contributed by atoms with Gasteiger partial charge in [0.1, 0.15) is 0 Å². The van der Waals surface area contributed by atoms with Gasteiger partial charge in [0.05, 0.1) is 29.9 Å². The molecule has 0 aliphatic carbocycles.